The molecule has 0 aliphatic carbocycles. The fourth-order valence-electron chi connectivity index (χ4n) is 2.25. The molecule has 0 amide bonds. The lowest BCUT2D eigenvalue weighted by molar-refractivity contribution is 0.139. The summed E-state index contributed by atoms with van der Waals surface area (Å²) in [6, 6.07) is 6.85. The minimum absolute atomic E-state index is 0.542. The summed E-state index contributed by atoms with van der Waals surface area (Å²) in [6.07, 6.45) is 0. The molecule has 1 aromatic rings. The Hall–Kier alpha value is -0.280. The zero-order chi connectivity index (χ0) is 12.4. The van der Waals surface area contributed by atoms with Gasteiger partial charge in [0.1, 0.15) is 0 Å². The zero-order valence-electron chi connectivity index (χ0n) is 10.2. The van der Waals surface area contributed by atoms with Gasteiger partial charge in [-0.1, -0.05) is 23.2 Å². The molecule has 0 saturated carbocycles. The summed E-state index contributed by atoms with van der Waals surface area (Å²) >= 11 is 12.0. The molecule has 0 bridgehead atoms. The first kappa shape index (κ1) is 13.2. The average molecular weight is 273 g/mol. The first-order chi connectivity index (χ1) is 8.04. The van der Waals surface area contributed by atoms with Gasteiger partial charge in [0.2, 0.25) is 0 Å². The SMILES string of the molecule is CC1CN(Cc2cc(Cl)cc(Cl)c2)C(C)CN1. The van der Waals surface area contributed by atoms with Gasteiger partial charge in [-0.15, -0.1) is 0 Å². The molecule has 2 atom stereocenters. The van der Waals surface area contributed by atoms with Gasteiger partial charge < -0.3 is 5.32 Å². The topological polar surface area (TPSA) is 15.3 Å². The fraction of sp³-hybridized carbons (Fsp3) is 0.538. The van der Waals surface area contributed by atoms with Gasteiger partial charge in [0.05, 0.1) is 0 Å². The van der Waals surface area contributed by atoms with Crippen LogP contribution in [0, 0.1) is 0 Å². The summed E-state index contributed by atoms with van der Waals surface area (Å²) in [5.41, 5.74) is 1.18. The predicted octanol–water partition coefficient (Wildman–Crippen LogP) is 3.18. The van der Waals surface area contributed by atoms with Crippen LogP contribution in [0.3, 0.4) is 0 Å². The Morgan fingerprint density at radius 3 is 2.53 bits per heavy atom. The van der Waals surface area contributed by atoms with E-state index in [0.29, 0.717) is 22.1 Å². The number of halogens is 2. The molecule has 1 aromatic carbocycles. The summed E-state index contributed by atoms with van der Waals surface area (Å²) in [7, 11) is 0. The standard InChI is InChI=1S/C13H18Cl2N2/c1-9-7-17(10(2)6-16-9)8-11-3-12(14)5-13(15)4-11/h3-5,9-10,16H,6-8H2,1-2H3. The van der Waals surface area contributed by atoms with E-state index in [1.165, 1.54) is 5.56 Å². The van der Waals surface area contributed by atoms with E-state index in [0.717, 1.165) is 19.6 Å². The Kier molecular flexibility index (Phi) is 4.31. The van der Waals surface area contributed by atoms with Crippen molar-refractivity contribution in [2.75, 3.05) is 13.1 Å². The van der Waals surface area contributed by atoms with Gasteiger partial charge >= 0.3 is 0 Å². The maximum absolute atomic E-state index is 6.02. The highest BCUT2D eigenvalue weighted by Crippen LogP contribution is 2.21. The van der Waals surface area contributed by atoms with E-state index in [2.05, 4.69) is 24.1 Å². The Morgan fingerprint density at radius 1 is 1.24 bits per heavy atom. The molecule has 1 fully saturated rings. The van der Waals surface area contributed by atoms with E-state index in [-0.39, 0.29) is 0 Å². The predicted molar refractivity (Wildman–Crippen MR) is 73.8 cm³/mol. The van der Waals surface area contributed by atoms with Crippen molar-refractivity contribution in [1.29, 1.82) is 0 Å². The second-order valence-electron chi connectivity index (χ2n) is 4.87. The molecule has 1 aliphatic heterocycles. The summed E-state index contributed by atoms with van der Waals surface area (Å²) < 4.78 is 0. The van der Waals surface area contributed by atoms with Crippen LogP contribution in [-0.4, -0.2) is 30.1 Å². The quantitative estimate of drug-likeness (QED) is 0.890. The number of benzene rings is 1. The average Bonchev–Trinajstić information content (AvgIpc) is 2.22. The lowest BCUT2D eigenvalue weighted by atomic mass is 10.1. The molecular weight excluding hydrogens is 255 g/mol. The highest BCUT2D eigenvalue weighted by molar-refractivity contribution is 6.34. The van der Waals surface area contributed by atoms with E-state index in [1.807, 2.05) is 12.1 Å². The van der Waals surface area contributed by atoms with Crippen LogP contribution in [0.25, 0.3) is 0 Å². The van der Waals surface area contributed by atoms with Gasteiger partial charge in [-0.25, -0.2) is 0 Å². The largest absolute Gasteiger partial charge is 0.311 e. The van der Waals surface area contributed by atoms with Crippen molar-refractivity contribution < 1.29 is 0 Å². The van der Waals surface area contributed by atoms with Gasteiger partial charge in [0, 0.05) is 41.8 Å². The van der Waals surface area contributed by atoms with Crippen LogP contribution in [0.5, 0.6) is 0 Å². The van der Waals surface area contributed by atoms with Crippen LogP contribution in [0.1, 0.15) is 19.4 Å². The van der Waals surface area contributed by atoms with Crippen molar-refractivity contribution in [1.82, 2.24) is 10.2 Å². The van der Waals surface area contributed by atoms with Gasteiger partial charge in [-0.3, -0.25) is 4.90 Å². The van der Waals surface area contributed by atoms with Gasteiger partial charge in [-0.05, 0) is 37.6 Å². The molecular formula is C13H18Cl2N2. The highest BCUT2D eigenvalue weighted by atomic mass is 35.5. The van der Waals surface area contributed by atoms with Crippen LogP contribution < -0.4 is 5.32 Å². The molecule has 4 heteroatoms. The van der Waals surface area contributed by atoms with Crippen molar-refractivity contribution in [2.24, 2.45) is 0 Å². The Labute approximate surface area is 113 Å². The van der Waals surface area contributed by atoms with Crippen LogP contribution in [0.2, 0.25) is 10.0 Å². The summed E-state index contributed by atoms with van der Waals surface area (Å²) in [5, 5.41) is 4.90. The minimum atomic E-state index is 0.542. The summed E-state index contributed by atoms with van der Waals surface area (Å²) in [6.45, 7) is 7.46. The molecule has 94 valence electrons. The molecule has 0 spiro atoms. The maximum Gasteiger partial charge on any atom is 0.0424 e. The smallest absolute Gasteiger partial charge is 0.0424 e. The second kappa shape index (κ2) is 5.57. The molecule has 2 rings (SSSR count). The first-order valence-electron chi connectivity index (χ1n) is 5.97. The van der Waals surface area contributed by atoms with E-state index < -0.39 is 0 Å². The number of hydrogen-bond acceptors (Lipinski definition) is 2. The van der Waals surface area contributed by atoms with Crippen LogP contribution in [0.15, 0.2) is 18.2 Å². The number of rotatable bonds is 2. The Bertz CT molecular complexity index is 375. The molecule has 2 unspecified atom stereocenters. The van der Waals surface area contributed by atoms with Crippen LogP contribution in [0.4, 0.5) is 0 Å². The molecule has 0 aromatic heterocycles. The third-order valence-electron chi connectivity index (χ3n) is 3.20. The lowest BCUT2D eigenvalue weighted by Gasteiger charge is -2.37. The monoisotopic (exact) mass is 272 g/mol. The van der Waals surface area contributed by atoms with Gasteiger partial charge in [0.15, 0.2) is 0 Å². The lowest BCUT2D eigenvalue weighted by Crippen LogP contribution is -2.53. The minimum Gasteiger partial charge on any atom is -0.311 e. The highest BCUT2D eigenvalue weighted by Gasteiger charge is 2.22. The van der Waals surface area contributed by atoms with Gasteiger partial charge in [0.25, 0.3) is 0 Å². The van der Waals surface area contributed by atoms with Crippen LogP contribution in [-0.2, 0) is 6.54 Å². The third kappa shape index (κ3) is 3.59. The Balaban J connectivity index is 2.08. The third-order valence-corrected chi connectivity index (χ3v) is 3.64. The summed E-state index contributed by atoms with van der Waals surface area (Å²) in [5.74, 6) is 0. The number of nitrogens with one attached hydrogen (secondary N) is 1. The van der Waals surface area contributed by atoms with Crippen LogP contribution >= 0.6 is 23.2 Å². The molecule has 1 aliphatic rings. The zero-order valence-corrected chi connectivity index (χ0v) is 11.7. The van der Waals surface area contributed by atoms with Crippen molar-refractivity contribution in [3.05, 3.63) is 33.8 Å². The molecule has 17 heavy (non-hydrogen) atoms. The van der Waals surface area contributed by atoms with E-state index in [9.17, 15) is 0 Å². The second-order valence-corrected chi connectivity index (χ2v) is 5.74. The van der Waals surface area contributed by atoms with Crippen molar-refractivity contribution in [2.45, 2.75) is 32.5 Å². The van der Waals surface area contributed by atoms with E-state index in [4.69, 9.17) is 23.2 Å². The van der Waals surface area contributed by atoms with E-state index in [1.54, 1.807) is 6.07 Å². The molecule has 0 radical (unpaired) electrons. The number of piperazine rings is 1. The molecule has 1 N–H and O–H groups in total. The van der Waals surface area contributed by atoms with Crippen molar-refractivity contribution in [3.63, 3.8) is 0 Å². The fourth-order valence-corrected chi connectivity index (χ4v) is 2.83. The first-order valence-corrected chi connectivity index (χ1v) is 6.72. The molecule has 1 saturated heterocycles. The van der Waals surface area contributed by atoms with Gasteiger partial charge in [-0.2, -0.15) is 0 Å². The summed E-state index contributed by atoms with van der Waals surface area (Å²) in [4.78, 5) is 2.46. The maximum atomic E-state index is 6.02. The molecule has 2 nitrogen and oxygen atoms in total. The number of nitrogens with zero attached hydrogens (tertiary/aromatic N) is 1. The normalized spacial score (nSPS) is 26.1. The van der Waals surface area contributed by atoms with Crippen molar-refractivity contribution in [3.8, 4) is 0 Å². The number of hydrogen-bond donors (Lipinski definition) is 1. The Morgan fingerprint density at radius 2 is 1.88 bits per heavy atom. The van der Waals surface area contributed by atoms with E-state index >= 15 is 0 Å². The molecule has 1 heterocycles. The van der Waals surface area contributed by atoms with Crippen molar-refractivity contribution >= 4 is 23.2 Å².